The van der Waals surface area contributed by atoms with Crippen LogP contribution in [0.4, 0.5) is 10.5 Å². The summed E-state index contributed by atoms with van der Waals surface area (Å²) in [5, 5.41) is 18.4. The number of carbonyl (C=O) groups excluding carboxylic acids is 1. The number of hydrogen-bond donors (Lipinski definition) is 4. The maximum atomic E-state index is 11.7. The lowest BCUT2D eigenvalue weighted by atomic mass is 10.1. The van der Waals surface area contributed by atoms with Gasteiger partial charge in [0.15, 0.2) is 0 Å². The third-order valence-electron chi connectivity index (χ3n) is 4.02. The molecule has 0 saturated carbocycles. The van der Waals surface area contributed by atoms with Gasteiger partial charge in [-0.3, -0.25) is 0 Å². The first-order valence-corrected chi connectivity index (χ1v) is 8.51. The Labute approximate surface area is 138 Å². The van der Waals surface area contributed by atoms with Gasteiger partial charge in [-0.1, -0.05) is 18.6 Å². The van der Waals surface area contributed by atoms with Crippen LogP contribution in [0, 0.1) is 0 Å². The van der Waals surface area contributed by atoms with Crippen molar-refractivity contribution in [1.29, 1.82) is 0 Å². The summed E-state index contributed by atoms with van der Waals surface area (Å²) in [6, 6.07) is 6.92. The van der Waals surface area contributed by atoms with E-state index in [1.807, 2.05) is 6.07 Å². The van der Waals surface area contributed by atoms with E-state index >= 15 is 0 Å². The molecule has 23 heavy (non-hydrogen) atoms. The molecule has 0 atom stereocenters. The quantitative estimate of drug-likeness (QED) is 0.436. The summed E-state index contributed by atoms with van der Waals surface area (Å²) in [5.41, 5.74) is 0.677. The number of phenols is 1. The van der Waals surface area contributed by atoms with Crippen molar-refractivity contribution in [3.05, 3.63) is 24.3 Å². The minimum Gasteiger partial charge on any atom is -0.506 e. The zero-order chi connectivity index (χ0) is 16.3. The summed E-state index contributed by atoms with van der Waals surface area (Å²) >= 11 is 0. The van der Waals surface area contributed by atoms with Gasteiger partial charge in [0, 0.05) is 19.6 Å². The molecule has 2 amide bonds. The number of phenolic OH excluding ortho intramolecular Hbond substituents is 1. The molecule has 1 aliphatic heterocycles. The Kier molecular flexibility index (Phi) is 7.52. The van der Waals surface area contributed by atoms with E-state index in [4.69, 9.17) is 0 Å². The van der Waals surface area contributed by atoms with Gasteiger partial charge >= 0.3 is 6.03 Å². The minimum atomic E-state index is -0.136. The maximum Gasteiger partial charge on any atom is 0.314 e. The Balaban J connectivity index is 1.47. The number of rotatable bonds is 8. The molecule has 0 unspecified atom stereocenters. The second-order valence-corrected chi connectivity index (χ2v) is 5.88. The molecule has 128 valence electrons. The predicted octanol–water partition coefficient (Wildman–Crippen LogP) is 1.98. The summed E-state index contributed by atoms with van der Waals surface area (Å²) < 4.78 is 0. The molecule has 6 heteroatoms. The summed E-state index contributed by atoms with van der Waals surface area (Å²) in [6.45, 7) is 5.24. The Morgan fingerprint density at radius 2 is 1.78 bits per heavy atom. The van der Waals surface area contributed by atoms with Crippen LogP contribution in [-0.4, -0.2) is 55.3 Å². The molecule has 0 bridgehead atoms. The number of nitrogens with zero attached hydrogens (tertiary/aromatic N) is 1. The molecule has 1 aromatic rings. The van der Waals surface area contributed by atoms with Crippen molar-refractivity contribution in [2.24, 2.45) is 0 Å². The van der Waals surface area contributed by atoms with E-state index in [9.17, 15) is 9.90 Å². The van der Waals surface area contributed by atoms with Gasteiger partial charge in [0.1, 0.15) is 5.75 Å². The van der Waals surface area contributed by atoms with Crippen molar-refractivity contribution in [1.82, 2.24) is 15.5 Å². The largest absolute Gasteiger partial charge is 0.506 e. The van der Waals surface area contributed by atoms with Gasteiger partial charge in [-0.15, -0.1) is 0 Å². The fourth-order valence-corrected chi connectivity index (χ4v) is 2.75. The molecule has 0 aliphatic carbocycles. The van der Waals surface area contributed by atoms with Crippen molar-refractivity contribution >= 4 is 11.7 Å². The minimum absolute atomic E-state index is 0.136. The smallest absolute Gasteiger partial charge is 0.314 e. The van der Waals surface area contributed by atoms with Crippen molar-refractivity contribution in [2.45, 2.75) is 25.7 Å². The van der Waals surface area contributed by atoms with Crippen molar-refractivity contribution < 1.29 is 9.90 Å². The van der Waals surface area contributed by atoms with Gasteiger partial charge in [0.25, 0.3) is 0 Å². The van der Waals surface area contributed by atoms with Gasteiger partial charge < -0.3 is 26.0 Å². The molecule has 6 nitrogen and oxygen atoms in total. The van der Waals surface area contributed by atoms with E-state index in [-0.39, 0.29) is 11.8 Å². The number of benzene rings is 1. The van der Waals surface area contributed by atoms with Crippen LogP contribution in [0.1, 0.15) is 25.7 Å². The average Bonchev–Trinajstić information content (AvgIpc) is 2.58. The zero-order valence-corrected chi connectivity index (χ0v) is 13.7. The topological polar surface area (TPSA) is 76.6 Å². The highest BCUT2D eigenvalue weighted by Gasteiger charge is 2.09. The van der Waals surface area contributed by atoms with Crippen LogP contribution < -0.4 is 16.0 Å². The summed E-state index contributed by atoms with van der Waals surface area (Å²) in [7, 11) is 0. The number of urea groups is 1. The lowest BCUT2D eigenvalue weighted by molar-refractivity contribution is 0.222. The lowest BCUT2D eigenvalue weighted by Crippen LogP contribution is -2.39. The highest BCUT2D eigenvalue weighted by molar-refractivity contribution is 5.73. The zero-order valence-electron chi connectivity index (χ0n) is 13.7. The molecule has 1 saturated heterocycles. The van der Waals surface area contributed by atoms with Crippen LogP contribution in [-0.2, 0) is 0 Å². The van der Waals surface area contributed by atoms with Crippen LogP contribution in [0.15, 0.2) is 24.3 Å². The number of piperidine rings is 1. The number of para-hydroxylation sites is 2. The van der Waals surface area contributed by atoms with Crippen molar-refractivity contribution in [3.8, 4) is 5.75 Å². The molecule has 0 radical (unpaired) electrons. The van der Waals surface area contributed by atoms with Crippen molar-refractivity contribution in [3.63, 3.8) is 0 Å². The molecule has 0 spiro atoms. The van der Waals surface area contributed by atoms with Gasteiger partial charge in [0.2, 0.25) is 0 Å². The van der Waals surface area contributed by atoms with Crippen LogP contribution in [0.5, 0.6) is 5.75 Å². The molecule has 4 N–H and O–H groups in total. The molecule has 1 heterocycles. The van der Waals surface area contributed by atoms with E-state index in [0.717, 1.165) is 13.0 Å². The molecule has 2 rings (SSSR count). The first kappa shape index (κ1) is 17.4. The van der Waals surface area contributed by atoms with Crippen LogP contribution >= 0.6 is 0 Å². The Hall–Kier alpha value is -1.95. The standard InChI is InChI=1S/C17H28N4O2/c22-16-8-3-2-7-15(16)18-10-11-20-17(23)19-9-6-14-21-12-4-1-5-13-21/h2-3,7-8,18,22H,1,4-6,9-14H2,(H2,19,20,23). The average molecular weight is 320 g/mol. The van der Waals surface area contributed by atoms with E-state index in [1.54, 1.807) is 18.2 Å². The summed E-state index contributed by atoms with van der Waals surface area (Å²) in [5.74, 6) is 0.217. The van der Waals surface area contributed by atoms with Gasteiger partial charge in [0.05, 0.1) is 5.69 Å². The number of aromatic hydroxyl groups is 1. The molecule has 1 aromatic carbocycles. The Morgan fingerprint density at radius 3 is 2.57 bits per heavy atom. The number of hydrogen-bond acceptors (Lipinski definition) is 4. The number of anilines is 1. The fraction of sp³-hybridized carbons (Fsp3) is 0.588. The molecule has 1 aliphatic rings. The molecule has 0 aromatic heterocycles. The van der Waals surface area contributed by atoms with E-state index in [2.05, 4.69) is 20.9 Å². The maximum absolute atomic E-state index is 11.7. The third kappa shape index (κ3) is 6.78. The van der Waals surface area contributed by atoms with Gasteiger partial charge in [-0.25, -0.2) is 4.79 Å². The molecule has 1 fully saturated rings. The fourth-order valence-electron chi connectivity index (χ4n) is 2.75. The normalized spacial score (nSPS) is 15.1. The SMILES string of the molecule is O=C(NCCCN1CCCCC1)NCCNc1ccccc1O. The summed E-state index contributed by atoms with van der Waals surface area (Å²) in [4.78, 5) is 14.1. The second kappa shape index (κ2) is 9.94. The highest BCUT2D eigenvalue weighted by atomic mass is 16.3. The van der Waals surface area contributed by atoms with Crippen LogP contribution in [0.25, 0.3) is 0 Å². The number of likely N-dealkylation sites (tertiary alicyclic amines) is 1. The van der Waals surface area contributed by atoms with Crippen LogP contribution in [0.3, 0.4) is 0 Å². The van der Waals surface area contributed by atoms with Crippen LogP contribution in [0.2, 0.25) is 0 Å². The second-order valence-electron chi connectivity index (χ2n) is 5.88. The molecular formula is C17H28N4O2. The third-order valence-corrected chi connectivity index (χ3v) is 4.02. The predicted molar refractivity (Wildman–Crippen MR) is 92.9 cm³/mol. The Morgan fingerprint density at radius 1 is 1.04 bits per heavy atom. The monoisotopic (exact) mass is 320 g/mol. The summed E-state index contributed by atoms with van der Waals surface area (Å²) in [6.07, 6.45) is 4.95. The first-order valence-electron chi connectivity index (χ1n) is 8.51. The van der Waals surface area contributed by atoms with Gasteiger partial charge in [-0.2, -0.15) is 0 Å². The number of nitrogens with one attached hydrogen (secondary N) is 3. The highest BCUT2D eigenvalue weighted by Crippen LogP contribution is 2.20. The number of amides is 2. The first-order chi connectivity index (χ1) is 11.3. The number of carbonyl (C=O) groups is 1. The van der Waals surface area contributed by atoms with E-state index in [0.29, 0.717) is 25.3 Å². The van der Waals surface area contributed by atoms with E-state index < -0.39 is 0 Å². The lowest BCUT2D eigenvalue weighted by Gasteiger charge is -2.26. The molecular weight excluding hydrogens is 292 g/mol. The van der Waals surface area contributed by atoms with E-state index in [1.165, 1.54) is 32.4 Å². The Bertz CT molecular complexity index is 475. The van der Waals surface area contributed by atoms with Gasteiger partial charge in [-0.05, 0) is 51.0 Å². The van der Waals surface area contributed by atoms with Crippen molar-refractivity contribution in [2.75, 3.05) is 44.6 Å².